The molecule has 0 spiro atoms. The number of nitrogens with zero attached hydrogens (tertiary/aromatic N) is 1. The molecule has 150 valence electrons. The Morgan fingerprint density at radius 1 is 0.964 bits per heavy atom. The molecule has 8 heteroatoms. The van der Waals surface area contributed by atoms with Crippen molar-refractivity contribution in [3.8, 4) is 0 Å². The second-order valence-electron chi connectivity index (χ2n) is 6.32. The molecule has 0 aromatic heterocycles. The SMILES string of the molecule is CN(C)S(=O)(=O)c1ccc(NC(=O)CCC(=O)OCCc2ccccc2)cc1. The van der Waals surface area contributed by atoms with E-state index in [1.165, 1.54) is 38.4 Å². The van der Waals surface area contributed by atoms with Crippen LogP contribution < -0.4 is 5.32 Å². The molecule has 0 bridgehead atoms. The largest absolute Gasteiger partial charge is 0.465 e. The summed E-state index contributed by atoms with van der Waals surface area (Å²) < 4.78 is 30.3. The second-order valence-corrected chi connectivity index (χ2v) is 8.47. The highest BCUT2D eigenvalue weighted by molar-refractivity contribution is 7.89. The summed E-state index contributed by atoms with van der Waals surface area (Å²) in [5.41, 5.74) is 1.54. The first-order valence-corrected chi connectivity index (χ1v) is 10.2. The third kappa shape index (κ3) is 6.47. The number of amides is 1. The fourth-order valence-electron chi connectivity index (χ4n) is 2.36. The average Bonchev–Trinajstić information content (AvgIpc) is 2.67. The highest BCUT2D eigenvalue weighted by atomic mass is 32.2. The molecule has 0 heterocycles. The highest BCUT2D eigenvalue weighted by Crippen LogP contribution is 2.16. The van der Waals surface area contributed by atoms with Gasteiger partial charge in [0.25, 0.3) is 0 Å². The van der Waals surface area contributed by atoms with Crippen molar-refractivity contribution in [2.75, 3.05) is 26.0 Å². The number of anilines is 1. The van der Waals surface area contributed by atoms with Gasteiger partial charge in [0.15, 0.2) is 0 Å². The Morgan fingerprint density at radius 3 is 2.21 bits per heavy atom. The van der Waals surface area contributed by atoms with E-state index in [-0.39, 0.29) is 30.3 Å². The number of benzene rings is 2. The Bertz CT molecular complexity index is 894. The number of hydrogen-bond donors (Lipinski definition) is 1. The molecule has 0 saturated carbocycles. The van der Waals surface area contributed by atoms with E-state index in [1.807, 2.05) is 30.3 Å². The van der Waals surface area contributed by atoms with Gasteiger partial charge in [-0.2, -0.15) is 0 Å². The van der Waals surface area contributed by atoms with Crippen LogP contribution >= 0.6 is 0 Å². The van der Waals surface area contributed by atoms with E-state index in [0.717, 1.165) is 9.87 Å². The lowest BCUT2D eigenvalue weighted by Gasteiger charge is -2.12. The van der Waals surface area contributed by atoms with E-state index in [0.29, 0.717) is 12.1 Å². The van der Waals surface area contributed by atoms with Crippen LogP contribution in [0.4, 0.5) is 5.69 Å². The van der Waals surface area contributed by atoms with E-state index >= 15 is 0 Å². The van der Waals surface area contributed by atoms with E-state index in [1.54, 1.807) is 0 Å². The van der Waals surface area contributed by atoms with Crippen molar-refractivity contribution in [2.24, 2.45) is 0 Å². The Morgan fingerprint density at radius 2 is 1.61 bits per heavy atom. The van der Waals surface area contributed by atoms with Gasteiger partial charge < -0.3 is 10.1 Å². The van der Waals surface area contributed by atoms with Crippen LogP contribution in [0, 0.1) is 0 Å². The maximum Gasteiger partial charge on any atom is 0.306 e. The van der Waals surface area contributed by atoms with Crippen LogP contribution in [0.3, 0.4) is 0 Å². The zero-order valence-corrected chi connectivity index (χ0v) is 16.7. The highest BCUT2D eigenvalue weighted by Gasteiger charge is 2.17. The summed E-state index contributed by atoms with van der Waals surface area (Å²) in [6.07, 6.45) is 0.594. The molecule has 2 rings (SSSR count). The molecule has 0 aliphatic carbocycles. The monoisotopic (exact) mass is 404 g/mol. The normalized spacial score (nSPS) is 11.2. The van der Waals surface area contributed by atoms with E-state index in [2.05, 4.69) is 5.32 Å². The van der Waals surface area contributed by atoms with E-state index in [4.69, 9.17) is 4.74 Å². The molecule has 1 N–H and O–H groups in total. The first kappa shape index (κ1) is 21.6. The fourth-order valence-corrected chi connectivity index (χ4v) is 3.26. The zero-order chi connectivity index (χ0) is 20.6. The standard InChI is InChI=1S/C20H24N2O5S/c1-22(2)28(25,26)18-10-8-17(9-11-18)21-19(23)12-13-20(24)27-15-14-16-6-4-3-5-7-16/h3-11H,12-15H2,1-2H3,(H,21,23). The second kappa shape index (κ2) is 10.0. The molecule has 7 nitrogen and oxygen atoms in total. The van der Waals surface area contributed by atoms with Crippen LogP contribution in [-0.4, -0.2) is 45.3 Å². The maximum absolute atomic E-state index is 12.0. The van der Waals surface area contributed by atoms with Crippen LogP contribution in [-0.2, 0) is 30.8 Å². The van der Waals surface area contributed by atoms with Crippen LogP contribution in [0.5, 0.6) is 0 Å². The number of nitrogens with one attached hydrogen (secondary N) is 1. The lowest BCUT2D eigenvalue weighted by Crippen LogP contribution is -2.22. The average molecular weight is 404 g/mol. The van der Waals surface area contributed by atoms with Gasteiger partial charge in [-0.05, 0) is 29.8 Å². The van der Waals surface area contributed by atoms with Gasteiger partial charge in [-0.15, -0.1) is 0 Å². The fraction of sp³-hybridized carbons (Fsp3) is 0.300. The summed E-state index contributed by atoms with van der Waals surface area (Å²) >= 11 is 0. The van der Waals surface area contributed by atoms with Gasteiger partial charge in [0.1, 0.15) is 0 Å². The quantitative estimate of drug-likeness (QED) is 0.648. The van der Waals surface area contributed by atoms with Gasteiger partial charge in [-0.3, -0.25) is 9.59 Å². The van der Waals surface area contributed by atoms with Crippen LogP contribution in [0.15, 0.2) is 59.5 Å². The van der Waals surface area contributed by atoms with Crippen molar-refractivity contribution in [3.05, 3.63) is 60.2 Å². The summed E-state index contributed by atoms with van der Waals surface area (Å²) in [5.74, 6) is -0.776. The summed E-state index contributed by atoms with van der Waals surface area (Å²) in [5, 5.41) is 2.63. The van der Waals surface area contributed by atoms with Gasteiger partial charge in [0.2, 0.25) is 15.9 Å². The summed E-state index contributed by atoms with van der Waals surface area (Å²) in [6.45, 7) is 0.270. The summed E-state index contributed by atoms with van der Waals surface area (Å²) in [4.78, 5) is 23.8. The molecule has 0 atom stereocenters. The maximum atomic E-state index is 12.0. The van der Waals surface area contributed by atoms with Crippen molar-refractivity contribution >= 4 is 27.6 Å². The number of carbonyl (C=O) groups excluding carboxylic acids is 2. The number of ether oxygens (including phenoxy) is 1. The van der Waals surface area contributed by atoms with E-state index < -0.39 is 16.0 Å². The minimum Gasteiger partial charge on any atom is -0.465 e. The number of esters is 1. The molecule has 0 aliphatic heterocycles. The predicted octanol–water partition coefficient (Wildman–Crippen LogP) is 2.44. The lowest BCUT2D eigenvalue weighted by atomic mass is 10.2. The van der Waals surface area contributed by atoms with Crippen LogP contribution in [0.1, 0.15) is 18.4 Å². The third-order valence-corrected chi connectivity index (χ3v) is 5.80. The molecule has 0 saturated heterocycles. The van der Waals surface area contributed by atoms with Gasteiger partial charge in [0.05, 0.1) is 17.9 Å². The topological polar surface area (TPSA) is 92.8 Å². The molecule has 0 fully saturated rings. The van der Waals surface area contributed by atoms with Crippen molar-refractivity contribution in [1.82, 2.24) is 4.31 Å². The van der Waals surface area contributed by atoms with Crippen molar-refractivity contribution in [3.63, 3.8) is 0 Å². The number of carbonyl (C=O) groups is 2. The van der Waals surface area contributed by atoms with Gasteiger partial charge in [-0.1, -0.05) is 30.3 Å². The molecule has 0 unspecified atom stereocenters. The minimum absolute atomic E-state index is 0.0120. The number of sulfonamides is 1. The van der Waals surface area contributed by atoms with E-state index in [9.17, 15) is 18.0 Å². The molecule has 0 aliphatic rings. The van der Waals surface area contributed by atoms with Crippen molar-refractivity contribution in [2.45, 2.75) is 24.2 Å². The van der Waals surface area contributed by atoms with Crippen LogP contribution in [0.25, 0.3) is 0 Å². The van der Waals surface area contributed by atoms with Gasteiger partial charge in [0, 0.05) is 32.6 Å². The zero-order valence-electron chi connectivity index (χ0n) is 15.9. The summed E-state index contributed by atoms with van der Waals surface area (Å²) in [6, 6.07) is 15.5. The molecule has 1 amide bonds. The van der Waals surface area contributed by atoms with Crippen molar-refractivity contribution in [1.29, 1.82) is 0 Å². The Balaban J connectivity index is 1.74. The molecule has 0 radical (unpaired) electrons. The Kier molecular flexibility index (Phi) is 7.71. The number of rotatable bonds is 9. The molecular formula is C20H24N2O5S. The minimum atomic E-state index is -3.51. The van der Waals surface area contributed by atoms with Gasteiger partial charge in [-0.25, -0.2) is 12.7 Å². The first-order valence-electron chi connectivity index (χ1n) is 8.81. The smallest absolute Gasteiger partial charge is 0.306 e. The van der Waals surface area contributed by atoms with Crippen molar-refractivity contribution < 1.29 is 22.7 Å². The van der Waals surface area contributed by atoms with Crippen LogP contribution in [0.2, 0.25) is 0 Å². The van der Waals surface area contributed by atoms with Gasteiger partial charge >= 0.3 is 5.97 Å². The number of hydrogen-bond acceptors (Lipinski definition) is 5. The Labute approximate surface area is 165 Å². The predicted molar refractivity (Wildman–Crippen MR) is 106 cm³/mol. The molecule has 28 heavy (non-hydrogen) atoms. The lowest BCUT2D eigenvalue weighted by molar-refractivity contribution is -0.144. The first-order chi connectivity index (χ1) is 13.3. The Hall–Kier alpha value is -2.71. The molecular weight excluding hydrogens is 380 g/mol. The summed E-state index contributed by atoms with van der Waals surface area (Å²) in [7, 11) is -0.616. The third-order valence-electron chi connectivity index (χ3n) is 3.97. The molecule has 2 aromatic carbocycles. The molecule has 2 aromatic rings.